The van der Waals surface area contributed by atoms with E-state index in [1.54, 1.807) is 25.1 Å². The Hall–Kier alpha value is -2.56. The maximum absolute atomic E-state index is 5.89. The molecular weight excluding hydrogens is 266 g/mol. The highest BCUT2D eigenvalue weighted by Crippen LogP contribution is 2.32. The number of nitrogens with two attached hydrogens (primary N) is 1. The minimum Gasteiger partial charge on any atom is -0.472 e. The topological polar surface area (TPSA) is 78.1 Å². The fraction of sp³-hybridized carbons (Fsp3) is 0.250. The maximum atomic E-state index is 5.89. The van der Waals surface area contributed by atoms with E-state index in [2.05, 4.69) is 16.9 Å². The van der Waals surface area contributed by atoms with Gasteiger partial charge in [0.15, 0.2) is 0 Å². The standard InChI is InChI=1S/C16H17N3O2/c1-2-3-4-13-14(11-5-7-20-9-11)18-16(17)19-15(13)12-6-8-21-10-12/h5-10H,2-4H2,1H3,(H2,17,18,19). The summed E-state index contributed by atoms with van der Waals surface area (Å²) in [6, 6.07) is 3.77. The van der Waals surface area contributed by atoms with Crippen molar-refractivity contribution in [3.63, 3.8) is 0 Å². The first kappa shape index (κ1) is 13.4. The molecule has 2 N–H and O–H groups in total. The van der Waals surface area contributed by atoms with Gasteiger partial charge < -0.3 is 14.6 Å². The van der Waals surface area contributed by atoms with Crippen molar-refractivity contribution < 1.29 is 8.83 Å². The molecule has 5 heteroatoms. The molecule has 0 amide bonds. The Labute approximate surface area is 122 Å². The van der Waals surface area contributed by atoms with Crippen LogP contribution < -0.4 is 5.73 Å². The molecule has 0 fully saturated rings. The van der Waals surface area contributed by atoms with Gasteiger partial charge in [0.25, 0.3) is 0 Å². The first-order valence-electron chi connectivity index (χ1n) is 7.01. The Morgan fingerprint density at radius 1 is 1.00 bits per heavy atom. The van der Waals surface area contributed by atoms with E-state index in [-0.39, 0.29) is 5.95 Å². The van der Waals surface area contributed by atoms with Gasteiger partial charge in [-0.2, -0.15) is 0 Å². The highest BCUT2D eigenvalue weighted by Gasteiger charge is 2.17. The van der Waals surface area contributed by atoms with Gasteiger partial charge >= 0.3 is 0 Å². The van der Waals surface area contributed by atoms with Gasteiger partial charge in [-0.1, -0.05) is 13.3 Å². The van der Waals surface area contributed by atoms with Crippen molar-refractivity contribution in [2.75, 3.05) is 5.73 Å². The maximum Gasteiger partial charge on any atom is 0.221 e. The van der Waals surface area contributed by atoms with Crippen molar-refractivity contribution in [3.05, 3.63) is 42.7 Å². The van der Waals surface area contributed by atoms with E-state index in [9.17, 15) is 0 Å². The molecule has 0 radical (unpaired) electrons. The number of nitrogen functional groups attached to an aromatic ring is 1. The van der Waals surface area contributed by atoms with Crippen molar-refractivity contribution >= 4 is 5.95 Å². The van der Waals surface area contributed by atoms with Gasteiger partial charge in [-0.15, -0.1) is 0 Å². The van der Waals surface area contributed by atoms with E-state index in [4.69, 9.17) is 14.6 Å². The van der Waals surface area contributed by atoms with Crippen molar-refractivity contribution in [2.45, 2.75) is 26.2 Å². The number of furan rings is 2. The number of hydrogen-bond donors (Lipinski definition) is 1. The summed E-state index contributed by atoms with van der Waals surface area (Å²) >= 11 is 0. The van der Waals surface area contributed by atoms with E-state index < -0.39 is 0 Å². The molecule has 3 heterocycles. The molecule has 0 saturated carbocycles. The number of hydrogen-bond acceptors (Lipinski definition) is 5. The molecule has 108 valence electrons. The molecule has 0 spiro atoms. The Morgan fingerprint density at radius 2 is 1.57 bits per heavy atom. The third-order valence-electron chi connectivity index (χ3n) is 3.39. The Kier molecular flexibility index (Phi) is 3.73. The molecule has 0 unspecified atom stereocenters. The van der Waals surface area contributed by atoms with Crippen LogP contribution in [0.15, 0.2) is 46.0 Å². The summed E-state index contributed by atoms with van der Waals surface area (Å²) in [5, 5.41) is 0. The van der Waals surface area contributed by atoms with E-state index in [1.807, 2.05) is 12.1 Å². The van der Waals surface area contributed by atoms with E-state index >= 15 is 0 Å². The molecule has 0 aromatic carbocycles. The summed E-state index contributed by atoms with van der Waals surface area (Å²) in [5.74, 6) is 0.252. The zero-order valence-corrected chi connectivity index (χ0v) is 11.9. The molecule has 3 aromatic rings. The predicted molar refractivity (Wildman–Crippen MR) is 80.5 cm³/mol. The highest BCUT2D eigenvalue weighted by atomic mass is 16.3. The van der Waals surface area contributed by atoms with Crippen LogP contribution in [0.4, 0.5) is 5.95 Å². The molecule has 3 rings (SSSR count). The lowest BCUT2D eigenvalue weighted by molar-refractivity contribution is 0.568. The number of unbranched alkanes of at least 4 members (excludes halogenated alkanes) is 1. The van der Waals surface area contributed by atoms with Crippen LogP contribution in [0.5, 0.6) is 0 Å². The fourth-order valence-corrected chi connectivity index (χ4v) is 2.37. The minimum absolute atomic E-state index is 0.252. The Balaban J connectivity index is 2.18. The van der Waals surface area contributed by atoms with Crippen LogP contribution in [0.25, 0.3) is 22.5 Å². The van der Waals surface area contributed by atoms with Crippen LogP contribution in [0, 0.1) is 0 Å². The van der Waals surface area contributed by atoms with Gasteiger partial charge in [0.2, 0.25) is 5.95 Å². The summed E-state index contributed by atoms with van der Waals surface area (Å²) in [5.41, 5.74) is 10.5. The third-order valence-corrected chi connectivity index (χ3v) is 3.39. The summed E-state index contributed by atoms with van der Waals surface area (Å²) in [7, 11) is 0. The first-order valence-corrected chi connectivity index (χ1v) is 7.01. The molecule has 0 aliphatic rings. The van der Waals surface area contributed by atoms with Gasteiger partial charge in [0.05, 0.1) is 36.4 Å². The normalized spacial score (nSPS) is 10.9. The van der Waals surface area contributed by atoms with Gasteiger partial charge in [-0.3, -0.25) is 0 Å². The highest BCUT2D eigenvalue weighted by molar-refractivity contribution is 5.73. The van der Waals surface area contributed by atoms with Crippen LogP contribution in [-0.4, -0.2) is 9.97 Å². The smallest absolute Gasteiger partial charge is 0.221 e. The number of rotatable bonds is 5. The summed E-state index contributed by atoms with van der Waals surface area (Å²) in [6.45, 7) is 2.16. The number of anilines is 1. The second-order valence-electron chi connectivity index (χ2n) is 4.89. The van der Waals surface area contributed by atoms with Crippen molar-refractivity contribution in [2.24, 2.45) is 0 Å². The lowest BCUT2D eigenvalue weighted by Gasteiger charge is -2.12. The Morgan fingerprint density at radius 3 is 2.00 bits per heavy atom. The van der Waals surface area contributed by atoms with Crippen LogP contribution >= 0.6 is 0 Å². The van der Waals surface area contributed by atoms with E-state index in [0.717, 1.165) is 47.3 Å². The predicted octanol–water partition coefficient (Wildman–Crippen LogP) is 3.92. The zero-order chi connectivity index (χ0) is 14.7. The van der Waals surface area contributed by atoms with Gasteiger partial charge in [-0.25, -0.2) is 9.97 Å². The van der Waals surface area contributed by atoms with Gasteiger partial charge in [0.1, 0.15) is 0 Å². The molecule has 0 aliphatic carbocycles. The largest absolute Gasteiger partial charge is 0.472 e. The molecule has 3 aromatic heterocycles. The SMILES string of the molecule is CCCCc1c(-c2ccoc2)nc(N)nc1-c1ccoc1. The van der Waals surface area contributed by atoms with E-state index in [0.29, 0.717) is 0 Å². The third kappa shape index (κ3) is 2.67. The monoisotopic (exact) mass is 283 g/mol. The summed E-state index contributed by atoms with van der Waals surface area (Å²) < 4.78 is 10.4. The van der Waals surface area contributed by atoms with Crippen LogP contribution in [-0.2, 0) is 6.42 Å². The van der Waals surface area contributed by atoms with E-state index in [1.165, 1.54) is 0 Å². The van der Waals surface area contributed by atoms with Crippen LogP contribution in [0.2, 0.25) is 0 Å². The van der Waals surface area contributed by atoms with Crippen molar-refractivity contribution in [1.82, 2.24) is 9.97 Å². The average molecular weight is 283 g/mol. The molecule has 5 nitrogen and oxygen atoms in total. The average Bonchev–Trinajstić information content (AvgIpc) is 3.18. The number of nitrogens with zero attached hydrogens (tertiary/aromatic N) is 2. The molecule has 0 saturated heterocycles. The molecule has 0 atom stereocenters. The van der Waals surface area contributed by atoms with Gasteiger partial charge in [-0.05, 0) is 25.0 Å². The van der Waals surface area contributed by atoms with Crippen molar-refractivity contribution in [1.29, 1.82) is 0 Å². The molecule has 0 aliphatic heterocycles. The lowest BCUT2D eigenvalue weighted by Crippen LogP contribution is -2.04. The molecule has 0 bridgehead atoms. The van der Waals surface area contributed by atoms with Crippen molar-refractivity contribution in [3.8, 4) is 22.5 Å². The zero-order valence-electron chi connectivity index (χ0n) is 11.9. The second-order valence-corrected chi connectivity index (χ2v) is 4.89. The van der Waals surface area contributed by atoms with Gasteiger partial charge in [0, 0.05) is 16.7 Å². The summed E-state index contributed by atoms with van der Waals surface area (Å²) in [6.07, 6.45) is 9.66. The first-order chi connectivity index (χ1) is 10.3. The number of aromatic nitrogens is 2. The quantitative estimate of drug-likeness (QED) is 0.767. The van der Waals surface area contributed by atoms with Crippen LogP contribution in [0.1, 0.15) is 25.3 Å². The molecular formula is C16H17N3O2. The second kappa shape index (κ2) is 5.83. The Bertz CT molecular complexity index is 648. The minimum atomic E-state index is 0.252. The molecule has 21 heavy (non-hydrogen) atoms. The summed E-state index contributed by atoms with van der Waals surface area (Å²) in [4.78, 5) is 8.83. The van der Waals surface area contributed by atoms with Crippen LogP contribution in [0.3, 0.4) is 0 Å². The lowest BCUT2D eigenvalue weighted by atomic mass is 9.98. The fourth-order valence-electron chi connectivity index (χ4n) is 2.37.